The summed E-state index contributed by atoms with van der Waals surface area (Å²) in [6, 6.07) is 5.47. The van der Waals surface area contributed by atoms with Crippen molar-refractivity contribution in [2.45, 2.75) is 18.9 Å². The van der Waals surface area contributed by atoms with Crippen LogP contribution in [0.2, 0.25) is 0 Å². The second-order valence-corrected chi connectivity index (χ2v) is 7.98. The summed E-state index contributed by atoms with van der Waals surface area (Å²) >= 11 is 0. The van der Waals surface area contributed by atoms with Crippen molar-refractivity contribution in [3.8, 4) is 0 Å². The first-order chi connectivity index (χ1) is 10.9. The van der Waals surface area contributed by atoms with Crippen molar-refractivity contribution < 1.29 is 13.2 Å². The smallest absolute Gasteiger partial charge is 0.254 e. The molecule has 0 aliphatic carbocycles. The summed E-state index contributed by atoms with van der Waals surface area (Å²) < 4.78 is 24.6. The SMILES string of the molecule is CN(C1CCN(C(=O)c2cccc3[nH]ncc23)CC1)S(C)(=O)=O. The number of carbonyl (C=O) groups is 1. The highest BCUT2D eigenvalue weighted by Crippen LogP contribution is 2.22. The van der Waals surface area contributed by atoms with Gasteiger partial charge in [0.2, 0.25) is 10.0 Å². The van der Waals surface area contributed by atoms with Crippen LogP contribution in [0.5, 0.6) is 0 Å². The summed E-state index contributed by atoms with van der Waals surface area (Å²) in [7, 11) is -1.60. The Morgan fingerprint density at radius 2 is 2.04 bits per heavy atom. The minimum absolute atomic E-state index is 0.0301. The monoisotopic (exact) mass is 336 g/mol. The minimum atomic E-state index is -3.20. The molecule has 124 valence electrons. The zero-order chi connectivity index (χ0) is 16.6. The standard InChI is InChI=1S/C15H20N4O3S/c1-18(23(2,21)22)11-6-8-19(9-7-11)15(20)12-4-3-5-14-13(12)10-16-17-14/h3-5,10-11H,6-9H2,1-2H3,(H,16,17). The van der Waals surface area contributed by atoms with E-state index in [-0.39, 0.29) is 11.9 Å². The fraction of sp³-hybridized carbons (Fsp3) is 0.467. The maximum absolute atomic E-state index is 12.7. The van der Waals surface area contributed by atoms with E-state index in [9.17, 15) is 13.2 Å². The molecule has 3 rings (SSSR count). The summed E-state index contributed by atoms with van der Waals surface area (Å²) in [5.74, 6) is -0.0301. The lowest BCUT2D eigenvalue weighted by Crippen LogP contribution is -2.47. The third-order valence-corrected chi connectivity index (χ3v) is 5.85. The molecule has 1 saturated heterocycles. The predicted molar refractivity (Wildman–Crippen MR) is 87.6 cm³/mol. The van der Waals surface area contributed by atoms with Crippen LogP contribution in [0.1, 0.15) is 23.2 Å². The minimum Gasteiger partial charge on any atom is -0.339 e. The number of aromatic amines is 1. The number of hydrogen-bond donors (Lipinski definition) is 1. The molecule has 0 unspecified atom stereocenters. The maximum Gasteiger partial charge on any atom is 0.254 e. The Kier molecular flexibility index (Phi) is 4.11. The molecule has 1 amide bonds. The number of benzene rings is 1. The Balaban J connectivity index is 1.73. The van der Waals surface area contributed by atoms with Crippen LogP contribution in [-0.4, -0.2) is 66.2 Å². The van der Waals surface area contributed by atoms with Gasteiger partial charge < -0.3 is 4.90 Å². The van der Waals surface area contributed by atoms with Crippen LogP contribution in [0.15, 0.2) is 24.4 Å². The molecular formula is C15H20N4O3S. The molecule has 1 aromatic carbocycles. The van der Waals surface area contributed by atoms with Gasteiger partial charge in [0, 0.05) is 31.6 Å². The van der Waals surface area contributed by atoms with Crippen molar-refractivity contribution in [3.63, 3.8) is 0 Å². The normalized spacial score (nSPS) is 17.1. The second kappa shape index (κ2) is 5.93. The zero-order valence-corrected chi connectivity index (χ0v) is 14.0. The van der Waals surface area contributed by atoms with Crippen molar-refractivity contribution in [1.82, 2.24) is 19.4 Å². The Morgan fingerprint density at radius 1 is 1.35 bits per heavy atom. The summed E-state index contributed by atoms with van der Waals surface area (Å²) in [6.07, 6.45) is 4.17. The number of likely N-dealkylation sites (tertiary alicyclic amines) is 1. The number of piperidine rings is 1. The van der Waals surface area contributed by atoms with Gasteiger partial charge in [0.05, 0.1) is 23.5 Å². The number of nitrogens with zero attached hydrogens (tertiary/aromatic N) is 3. The van der Waals surface area contributed by atoms with Gasteiger partial charge in [0.25, 0.3) is 5.91 Å². The van der Waals surface area contributed by atoms with Gasteiger partial charge in [-0.15, -0.1) is 0 Å². The number of amides is 1. The topological polar surface area (TPSA) is 86.4 Å². The van der Waals surface area contributed by atoms with Crippen LogP contribution in [0, 0.1) is 0 Å². The maximum atomic E-state index is 12.7. The van der Waals surface area contributed by atoms with Gasteiger partial charge in [-0.2, -0.15) is 5.10 Å². The molecule has 0 spiro atoms. The molecule has 0 bridgehead atoms. The molecule has 2 heterocycles. The van der Waals surface area contributed by atoms with E-state index >= 15 is 0 Å². The Hall–Kier alpha value is -1.93. The molecule has 8 heteroatoms. The summed E-state index contributed by atoms with van der Waals surface area (Å²) in [4.78, 5) is 14.5. The highest BCUT2D eigenvalue weighted by molar-refractivity contribution is 7.88. The van der Waals surface area contributed by atoms with Crippen molar-refractivity contribution in [1.29, 1.82) is 0 Å². The first-order valence-corrected chi connectivity index (χ1v) is 9.37. The predicted octanol–water partition coefficient (Wildman–Crippen LogP) is 1.06. The van der Waals surface area contributed by atoms with E-state index in [1.54, 1.807) is 24.2 Å². The molecule has 7 nitrogen and oxygen atoms in total. The molecule has 1 N–H and O–H groups in total. The fourth-order valence-corrected chi connectivity index (χ4v) is 3.78. The van der Waals surface area contributed by atoms with Crippen LogP contribution in [0.25, 0.3) is 10.9 Å². The number of hydrogen-bond acceptors (Lipinski definition) is 4. The van der Waals surface area contributed by atoms with Gasteiger partial charge in [-0.3, -0.25) is 9.89 Å². The summed E-state index contributed by atoms with van der Waals surface area (Å²) in [5.41, 5.74) is 1.47. The van der Waals surface area contributed by atoms with Crippen molar-refractivity contribution >= 4 is 26.8 Å². The van der Waals surface area contributed by atoms with E-state index in [1.165, 1.54) is 10.6 Å². The molecular weight excluding hydrogens is 316 g/mol. The van der Waals surface area contributed by atoms with Gasteiger partial charge in [-0.25, -0.2) is 12.7 Å². The number of nitrogens with one attached hydrogen (secondary N) is 1. The number of rotatable bonds is 3. The van der Waals surface area contributed by atoms with Gasteiger partial charge in [-0.1, -0.05) is 6.07 Å². The van der Waals surface area contributed by atoms with Crippen LogP contribution in [-0.2, 0) is 10.0 Å². The number of H-pyrrole nitrogens is 1. The molecule has 2 aromatic rings. The van der Waals surface area contributed by atoms with Crippen molar-refractivity contribution in [2.24, 2.45) is 0 Å². The van der Waals surface area contributed by atoms with Crippen LogP contribution in [0.4, 0.5) is 0 Å². The van der Waals surface area contributed by atoms with Crippen molar-refractivity contribution in [2.75, 3.05) is 26.4 Å². The Labute approximate surface area is 135 Å². The van der Waals surface area contributed by atoms with E-state index in [0.717, 1.165) is 10.9 Å². The summed E-state index contributed by atoms with van der Waals surface area (Å²) in [5, 5.41) is 7.66. The molecule has 1 aliphatic rings. The quantitative estimate of drug-likeness (QED) is 0.908. The lowest BCUT2D eigenvalue weighted by Gasteiger charge is -2.35. The van der Waals surface area contributed by atoms with Crippen LogP contribution < -0.4 is 0 Å². The van der Waals surface area contributed by atoms with Crippen LogP contribution in [0.3, 0.4) is 0 Å². The largest absolute Gasteiger partial charge is 0.339 e. The highest BCUT2D eigenvalue weighted by atomic mass is 32.2. The number of carbonyl (C=O) groups excluding carboxylic acids is 1. The lowest BCUT2D eigenvalue weighted by molar-refractivity contribution is 0.0688. The number of aromatic nitrogens is 2. The van der Waals surface area contributed by atoms with Gasteiger partial charge >= 0.3 is 0 Å². The van der Waals surface area contributed by atoms with E-state index < -0.39 is 10.0 Å². The lowest BCUT2D eigenvalue weighted by atomic mass is 10.0. The molecule has 23 heavy (non-hydrogen) atoms. The molecule has 1 aromatic heterocycles. The Bertz CT molecular complexity index is 822. The first kappa shape index (κ1) is 15.9. The number of sulfonamides is 1. The molecule has 0 atom stereocenters. The first-order valence-electron chi connectivity index (χ1n) is 7.52. The average Bonchev–Trinajstić information content (AvgIpc) is 3.01. The fourth-order valence-electron chi connectivity index (χ4n) is 3.03. The molecule has 1 aliphatic heterocycles. The van der Waals surface area contributed by atoms with Gasteiger partial charge in [0.15, 0.2) is 0 Å². The number of fused-ring (bicyclic) bond motifs is 1. The van der Waals surface area contributed by atoms with Gasteiger partial charge in [-0.05, 0) is 25.0 Å². The van der Waals surface area contributed by atoms with E-state index in [4.69, 9.17) is 0 Å². The van der Waals surface area contributed by atoms with E-state index in [0.29, 0.717) is 31.5 Å². The van der Waals surface area contributed by atoms with Crippen LogP contribution >= 0.6 is 0 Å². The van der Waals surface area contributed by atoms with Gasteiger partial charge in [0.1, 0.15) is 0 Å². The molecule has 1 fully saturated rings. The highest BCUT2D eigenvalue weighted by Gasteiger charge is 2.29. The van der Waals surface area contributed by atoms with E-state index in [1.807, 2.05) is 12.1 Å². The van der Waals surface area contributed by atoms with Crippen molar-refractivity contribution in [3.05, 3.63) is 30.0 Å². The molecule has 0 radical (unpaired) electrons. The summed E-state index contributed by atoms with van der Waals surface area (Å²) in [6.45, 7) is 1.11. The molecule has 0 saturated carbocycles. The third kappa shape index (κ3) is 3.09. The zero-order valence-electron chi connectivity index (χ0n) is 13.2. The third-order valence-electron chi connectivity index (χ3n) is 4.50. The average molecular weight is 336 g/mol. The second-order valence-electron chi connectivity index (χ2n) is 5.94. The van der Waals surface area contributed by atoms with E-state index in [2.05, 4.69) is 10.2 Å². The Morgan fingerprint density at radius 3 is 2.70 bits per heavy atom.